The Hall–Kier alpha value is -2.15. The highest BCUT2D eigenvalue weighted by Crippen LogP contribution is 2.24. The normalized spacial score (nSPS) is 13.6. The molecule has 0 radical (unpaired) electrons. The van der Waals surface area contributed by atoms with Gasteiger partial charge in [-0.25, -0.2) is 0 Å². The number of nitro benzene ring substituents is 1. The van der Waals surface area contributed by atoms with Crippen LogP contribution in [0.1, 0.15) is 18.9 Å². The molecular weight excluding hydrogens is 252 g/mol. The third-order valence-electron chi connectivity index (χ3n) is 2.76. The first-order valence-electron chi connectivity index (χ1n) is 5.64. The Bertz CT molecular complexity index is 499. The van der Waals surface area contributed by atoms with Gasteiger partial charge < -0.3 is 15.6 Å². The van der Waals surface area contributed by atoms with Crippen LogP contribution >= 0.6 is 0 Å². The molecule has 0 fully saturated rings. The van der Waals surface area contributed by atoms with Gasteiger partial charge in [0.25, 0.3) is 5.69 Å². The topological polar surface area (TPSA) is 116 Å². The second-order valence-electron chi connectivity index (χ2n) is 4.53. The zero-order valence-corrected chi connectivity index (χ0v) is 10.8. The lowest BCUT2D eigenvalue weighted by Crippen LogP contribution is -2.45. The summed E-state index contributed by atoms with van der Waals surface area (Å²) in [5.74, 6) is -0.801. The van der Waals surface area contributed by atoms with E-state index in [-0.39, 0.29) is 18.7 Å². The fourth-order valence-electron chi connectivity index (χ4n) is 1.36. The average molecular weight is 268 g/mol. The second-order valence-corrected chi connectivity index (χ2v) is 4.53. The van der Waals surface area contributed by atoms with E-state index in [9.17, 15) is 14.9 Å². The summed E-state index contributed by atoms with van der Waals surface area (Å²) < 4.78 is 5.29. The van der Waals surface area contributed by atoms with Crippen molar-refractivity contribution in [3.05, 3.63) is 33.9 Å². The van der Waals surface area contributed by atoms with E-state index >= 15 is 0 Å². The van der Waals surface area contributed by atoms with E-state index in [1.54, 1.807) is 19.1 Å². The Balaban J connectivity index is 2.67. The third-order valence-corrected chi connectivity index (χ3v) is 2.76. The van der Waals surface area contributed by atoms with Gasteiger partial charge in [0.15, 0.2) is 0 Å². The summed E-state index contributed by atoms with van der Waals surface area (Å²) in [5, 5.41) is 19.6. The molecule has 7 heteroatoms. The first-order valence-corrected chi connectivity index (χ1v) is 5.64. The van der Waals surface area contributed by atoms with Gasteiger partial charge in [-0.3, -0.25) is 14.9 Å². The molecule has 1 unspecified atom stereocenters. The number of aryl methyl sites for hydroxylation is 1. The van der Waals surface area contributed by atoms with Crippen LogP contribution in [0.2, 0.25) is 0 Å². The van der Waals surface area contributed by atoms with Crippen LogP contribution in [0.15, 0.2) is 18.2 Å². The zero-order chi connectivity index (χ0) is 14.6. The number of hydrogen-bond acceptors (Lipinski definition) is 5. The Morgan fingerprint density at radius 2 is 2.21 bits per heavy atom. The van der Waals surface area contributed by atoms with E-state index in [2.05, 4.69) is 0 Å². The molecule has 0 aliphatic carbocycles. The predicted octanol–water partition coefficient (Wildman–Crippen LogP) is 1.47. The lowest BCUT2D eigenvalue weighted by atomic mass is 10.0. The molecule has 1 rings (SSSR count). The van der Waals surface area contributed by atoms with Crippen LogP contribution in [-0.4, -0.2) is 28.1 Å². The number of nitrogens with two attached hydrogens (primary N) is 1. The van der Waals surface area contributed by atoms with E-state index in [4.69, 9.17) is 15.6 Å². The summed E-state index contributed by atoms with van der Waals surface area (Å²) in [6.07, 6.45) is 0.101. The maximum Gasteiger partial charge on any atom is 0.323 e. The molecule has 1 aromatic rings. The van der Waals surface area contributed by atoms with Gasteiger partial charge >= 0.3 is 5.97 Å². The molecule has 0 aromatic heterocycles. The molecule has 0 aliphatic heterocycles. The molecule has 0 amide bonds. The van der Waals surface area contributed by atoms with Gasteiger partial charge in [-0.2, -0.15) is 0 Å². The van der Waals surface area contributed by atoms with Gasteiger partial charge in [0.05, 0.1) is 17.6 Å². The van der Waals surface area contributed by atoms with E-state index < -0.39 is 16.4 Å². The molecule has 7 nitrogen and oxygen atoms in total. The van der Waals surface area contributed by atoms with Crippen LogP contribution in [0.5, 0.6) is 5.75 Å². The standard InChI is InChI=1S/C12H16N2O5/c1-8-3-4-9(7-10(8)14(17)18)19-6-5-12(2,13)11(15)16/h3-4,7H,5-6,13H2,1-2H3,(H,15,16). The number of ether oxygens (including phenoxy) is 1. The number of nitro groups is 1. The van der Waals surface area contributed by atoms with Crippen LogP contribution < -0.4 is 10.5 Å². The monoisotopic (exact) mass is 268 g/mol. The van der Waals surface area contributed by atoms with Crippen molar-refractivity contribution < 1.29 is 19.6 Å². The number of hydrogen-bond donors (Lipinski definition) is 2. The lowest BCUT2D eigenvalue weighted by Gasteiger charge is -2.18. The molecule has 0 saturated carbocycles. The molecule has 1 aromatic carbocycles. The molecular formula is C12H16N2O5. The van der Waals surface area contributed by atoms with Crippen molar-refractivity contribution in [2.75, 3.05) is 6.61 Å². The number of aliphatic carboxylic acids is 1. The summed E-state index contributed by atoms with van der Waals surface area (Å²) in [4.78, 5) is 21.0. The molecule has 0 aliphatic rings. The molecule has 0 saturated heterocycles. The first kappa shape index (κ1) is 14.9. The van der Waals surface area contributed by atoms with Crippen molar-refractivity contribution in [2.45, 2.75) is 25.8 Å². The Morgan fingerprint density at radius 3 is 2.74 bits per heavy atom. The average Bonchev–Trinajstić information content (AvgIpc) is 2.30. The minimum Gasteiger partial charge on any atom is -0.493 e. The minimum atomic E-state index is -1.38. The zero-order valence-electron chi connectivity index (χ0n) is 10.8. The van der Waals surface area contributed by atoms with Gasteiger partial charge in [0.1, 0.15) is 11.3 Å². The first-order chi connectivity index (χ1) is 8.74. The van der Waals surface area contributed by atoms with E-state index in [1.807, 2.05) is 0 Å². The summed E-state index contributed by atoms with van der Waals surface area (Å²) in [7, 11) is 0. The quantitative estimate of drug-likeness (QED) is 0.596. The Morgan fingerprint density at radius 1 is 1.58 bits per heavy atom. The van der Waals surface area contributed by atoms with E-state index in [0.29, 0.717) is 11.3 Å². The van der Waals surface area contributed by atoms with Gasteiger partial charge in [-0.15, -0.1) is 0 Å². The SMILES string of the molecule is Cc1ccc(OCCC(C)(N)C(=O)O)cc1[N+](=O)[O-]. The molecule has 104 valence electrons. The van der Waals surface area contributed by atoms with Gasteiger partial charge in [-0.05, 0) is 26.0 Å². The number of rotatable bonds is 6. The minimum absolute atomic E-state index is 0.0359. The predicted molar refractivity (Wildman–Crippen MR) is 68.2 cm³/mol. The van der Waals surface area contributed by atoms with Crippen molar-refractivity contribution >= 4 is 11.7 Å². The summed E-state index contributed by atoms with van der Waals surface area (Å²) in [6.45, 7) is 3.08. The fraction of sp³-hybridized carbons (Fsp3) is 0.417. The third kappa shape index (κ3) is 3.92. The van der Waals surface area contributed by atoms with E-state index in [1.165, 1.54) is 13.0 Å². The fourth-order valence-corrected chi connectivity index (χ4v) is 1.36. The molecule has 0 heterocycles. The molecule has 19 heavy (non-hydrogen) atoms. The highest BCUT2D eigenvalue weighted by Gasteiger charge is 2.27. The number of carboxylic acids is 1. The van der Waals surface area contributed by atoms with Crippen LogP contribution in [0.25, 0.3) is 0 Å². The van der Waals surface area contributed by atoms with E-state index in [0.717, 1.165) is 0 Å². The summed E-state index contributed by atoms with van der Waals surface area (Å²) >= 11 is 0. The highest BCUT2D eigenvalue weighted by atomic mass is 16.6. The number of nitrogens with zero attached hydrogens (tertiary/aromatic N) is 1. The lowest BCUT2D eigenvalue weighted by molar-refractivity contribution is -0.385. The maximum absolute atomic E-state index is 10.8. The summed E-state index contributed by atoms with van der Waals surface area (Å²) in [6, 6.07) is 4.48. The van der Waals surface area contributed by atoms with Crippen LogP contribution in [0.4, 0.5) is 5.69 Å². The Labute approximate surface area is 110 Å². The Kier molecular flexibility index (Phi) is 4.44. The number of benzene rings is 1. The smallest absolute Gasteiger partial charge is 0.323 e. The van der Waals surface area contributed by atoms with Crippen LogP contribution in [0.3, 0.4) is 0 Å². The largest absolute Gasteiger partial charge is 0.493 e. The highest BCUT2D eigenvalue weighted by molar-refractivity contribution is 5.77. The van der Waals surface area contributed by atoms with Crippen molar-refractivity contribution in [3.8, 4) is 5.75 Å². The van der Waals surface area contributed by atoms with Gasteiger partial charge in [0.2, 0.25) is 0 Å². The molecule has 1 atom stereocenters. The molecule has 0 spiro atoms. The molecule has 3 N–H and O–H groups in total. The number of carbonyl (C=O) groups is 1. The van der Waals surface area contributed by atoms with Gasteiger partial charge in [-0.1, -0.05) is 0 Å². The van der Waals surface area contributed by atoms with Crippen molar-refractivity contribution in [1.29, 1.82) is 0 Å². The van der Waals surface area contributed by atoms with Crippen LogP contribution in [-0.2, 0) is 4.79 Å². The van der Waals surface area contributed by atoms with Crippen LogP contribution in [0, 0.1) is 17.0 Å². The maximum atomic E-state index is 10.8. The van der Waals surface area contributed by atoms with Crippen molar-refractivity contribution in [2.24, 2.45) is 5.73 Å². The van der Waals surface area contributed by atoms with Crippen molar-refractivity contribution in [3.63, 3.8) is 0 Å². The number of carboxylic acid groups (broad SMARTS) is 1. The second kappa shape index (κ2) is 5.66. The van der Waals surface area contributed by atoms with Gasteiger partial charge in [0, 0.05) is 12.0 Å². The summed E-state index contributed by atoms with van der Waals surface area (Å²) in [5.41, 5.74) is 4.66. The molecule has 0 bridgehead atoms. The van der Waals surface area contributed by atoms with Crippen molar-refractivity contribution in [1.82, 2.24) is 0 Å².